The third-order valence-corrected chi connectivity index (χ3v) is 4.30. The molecule has 0 unspecified atom stereocenters. The number of halogens is 4. The largest absolute Gasteiger partial charge is 0.417 e. The maximum absolute atomic E-state index is 12.8. The predicted octanol–water partition coefficient (Wildman–Crippen LogP) is 3.31. The number of alkyl halides is 3. The second-order valence-electron chi connectivity index (χ2n) is 5.37. The Morgan fingerprint density at radius 1 is 1.43 bits per heavy atom. The van der Waals surface area contributed by atoms with Crippen molar-refractivity contribution in [1.82, 2.24) is 4.90 Å². The number of carbonyl (C=O) groups is 1. The molecule has 1 aromatic rings. The van der Waals surface area contributed by atoms with E-state index in [4.69, 9.17) is 0 Å². The highest BCUT2D eigenvalue weighted by Crippen LogP contribution is 2.35. The molecule has 0 radical (unpaired) electrons. The zero-order valence-electron chi connectivity index (χ0n) is 11.3. The molecule has 0 aliphatic heterocycles. The lowest BCUT2D eigenvalue weighted by molar-refractivity contribution is -0.138. The molecule has 1 aliphatic carbocycles. The van der Waals surface area contributed by atoms with Gasteiger partial charge in [-0.15, -0.1) is 0 Å². The van der Waals surface area contributed by atoms with E-state index in [-0.39, 0.29) is 22.1 Å². The van der Waals surface area contributed by atoms with E-state index in [1.807, 2.05) is 0 Å². The van der Waals surface area contributed by atoms with Crippen molar-refractivity contribution in [3.63, 3.8) is 0 Å². The molecular formula is C14H15BrF3NO2. The lowest BCUT2D eigenvalue weighted by Crippen LogP contribution is -2.39. The summed E-state index contributed by atoms with van der Waals surface area (Å²) < 4.78 is 38.4. The number of benzene rings is 1. The first-order valence-electron chi connectivity index (χ1n) is 6.48. The summed E-state index contributed by atoms with van der Waals surface area (Å²) in [5, 5.41) is 9.21. The van der Waals surface area contributed by atoms with Crippen molar-refractivity contribution in [3.05, 3.63) is 33.8 Å². The van der Waals surface area contributed by atoms with Crippen molar-refractivity contribution >= 4 is 21.8 Å². The fourth-order valence-electron chi connectivity index (χ4n) is 2.42. The van der Waals surface area contributed by atoms with Gasteiger partial charge in [-0.2, -0.15) is 13.2 Å². The zero-order chi connectivity index (χ0) is 15.8. The number of rotatable bonds is 3. The van der Waals surface area contributed by atoms with Gasteiger partial charge in [-0.1, -0.05) is 15.9 Å². The number of amides is 1. The Morgan fingerprint density at radius 3 is 2.57 bits per heavy atom. The predicted molar refractivity (Wildman–Crippen MR) is 74.8 cm³/mol. The van der Waals surface area contributed by atoms with Crippen LogP contribution in [0.25, 0.3) is 0 Å². The summed E-state index contributed by atoms with van der Waals surface area (Å²) in [5.74, 6) is -0.235. The van der Waals surface area contributed by atoms with Crippen molar-refractivity contribution in [2.75, 3.05) is 13.6 Å². The van der Waals surface area contributed by atoms with E-state index in [9.17, 15) is 23.1 Å². The van der Waals surface area contributed by atoms with Gasteiger partial charge in [0.25, 0.3) is 5.91 Å². The summed E-state index contributed by atoms with van der Waals surface area (Å²) >= 11 is 2.85. The van der Waals surface area contributed by atoms with Crippen LogP contribution in [-0.2, 0) is 6.18 Å². The second kappa shape index (κ2) is 5.96. The van der Waals surface area contributed by atoms with E-state index in [1.54, 1.807) is 7.05 Å². The van der Waals surface area contributed by atoms with Crippen LogP contribution < -0.4 is 0 Å². The van der Waals surface area contributed by atoms with Crippen LogP contribution in [0.15, 0.2) is 22.7 Å². The third-order valence-electron chi connectivity index (χ3n) is 3.61. The maximum Gasteiger partial charge on any atom is 0.417 e. The fourth-order valence-corrected chi connectivity index (χ4v) is 2.89. The molecule has 1 fully saturated rings. The van der Waals surface area contributed by atoms with Gasteiger partial charge in [-0.25, -0.2) is 0 Å². The molecule has 0 saturated heterocycles. The van der Waals surface area contributed by atoms with Crippen molar-refractivity contribution in [3.8, 4) is 0 Å². The van der Waals surface area contributed by atoms with Crippen LogP contribution in [0, 0.1) is 5.92 Å². The van der Waals surface area contributed by atoms with E-state index in [0.29, 0.717) is 19.4 Å². The van der Waals surface area contributed by atoms with E-state index >= 15 is 0 Å². The minimum Gasteiger partial charge on any atom is -0.393 e. The number of hydrogen-bond donors (Lipinski definition) is 1. The van der Waals surface area contributed by atoms with Gasteiger partial charge in [0.2, 0.25) is 0 Å². The van der Waals surface area contributed by atoms with Crippen molar-refractivity contribution < 1.29 is 23.1 Å². The van der Waals surface area contributed by atoms with E-state index in [2.05, 4.69) is 15.9 Å². The molecule has 21 heavy (non-hydrogen) atoms. The Hall–Kier alpha value is -1.08. The van der Waals surface area contributed by atoms with Gasteiger partial charge in [0.15, 0.2) is 0 Å². The SMILES string of the molecule is CN(CC1CC(O)C1)C(=O)c1ccc(Br)c(C(F)(F)F)c1. The molecule has 0 bridgehead atoms. The standard InChI is InChI=1S/C14H15BrF3NO2/c1-19(7-8-4-10(20)5-8)13(21)9-2-3-12(15)11(6-9)14(16,17)18/h2-3,6,8,10,20H,4-5,7H2,1H3. The van der Waals surface area contributed by atoms with Crippen LogP contribution in [-0.4, -0.2) is 35.6 Å². The van der Waals surface area contributed by atoms with Gasteiger partial charge >= 0.3 is 6.18 Å². The molecule has 116 valence electrons. The minimum atomic E-state index is -4.51. The van der Waals surface area contributed by atoms with Crippen LogP contribution in [0.5, 0.6) is 0 Å². The normalized spacial score (nSPS) is 21.8. The summed E-state index contributed by atoms with van der Waals surface area (Å²) in [6, 6.07) is 3.46. The van der Waals surface area contributed by atoms with Crippen molar-refractivity contribution in [1.29, 1.82) is 0 Å². The Morgan fingerprint density at radius 2 is 2.05 bits per heavy atom. The molecule has 1 saturated carbocycles. The Bertz CT molecular complexity index is 542. The monoisotopic (exact) mass is 365 g/mol. The van der Waals surface area contributed by atoms with Gasteiger partial charge in [-0.05, 0) is 37.0 Å². The fraction of sp³-hybridized carbons (Fsp3) is 0.500. The van der Waals surface area contributed by atoms with Gasteiger partial charge in [-0.3, -0.25) is 4.79 Å². The molecule has 0 spiro atoms. The van der Waals surface area contributed by atoms with Gasteiger partial charge in [0.1, 0.15) is 0 Å². The first kappa shape index (κ1) is 16.3. The van der Waals surface area contributed by atoms with E-state index in [0.717, 1.165) is 6.07 Å². The van der Waals surface area contributed by atoms with Gasteiger partial charge < -0.3 is 10.0 Å². The van der Waals surface area contributed by atoms with Crippen LogP contribution in [0.3, 0.4) is 0 Å². The molecule has 1 aromatic carbocycles. The van der Waals surface area contributed by atoms with Crippen LogP contribution in [0.4, 0.5) is 13.2 Å². The first-order valence-corrected chi connectivity index (χ1v) is 7.28. The highest BCUT2D eigenvalue weighted by molar-refractivity contribution is 9.10. The molecule has 7 heteroatoms. The average Bonchev–Trinajstić information content (AvgIpc) is 2.35. The lowest BCUT2D eigenvalue weighted by Gasteiger charge is -2.34. The van der Waals surface area contributed by atoms with Crippen molar-refractivity contribution in [2.24, 2.45) is 5.92 Å². The first-order chi connectivity index (χ1) is 9.68. The summed E-state index contributed by atoms with van der Waals surface area (Å²) in [7, 11) is 1.56. The van der Waals surface area contributed by atoms with Crippen LogP contribution in [0.1, 0.15) is 28.8 Å². The number of carbonyl (C=O) groups excluding carboxylic acids is 1. The summed E-state index contributed by atoms with van der Waals surface area (Å²) in [6.45, 7) is 0.438. The molecule has 2 rings (SSSR count). The number of aliphatic hydroxyl groups is 1. The number of hydrogen-bond acceptors (Lipinski definition) is 2. The molecule has 1 N–H and O–H groups in total. The molecule has 0 aromatic heterocycles. The third kappa shape index (κ3) is 3.77. The van der Waals surface area contributed by atoms with Gasteiger partial charge in [0.05, 0.1) is 11.7 Å². The molecule has 0 atom stereocenters. The lowest BCUT2D eigenvalue weighted by atomic mass is 9.82. The minimum absolute atomic E-state index is 0.00731. The highest BCUT2D eigenvalue weighted by atomic mass is 79.9. The number of aliphatic hydroxyl groups excluding tert-OH is 1. The molecule has 1 amide bonds. The summed E-state index contributed by atoms with van der Waals surface area (Å²) in [4.78, 5) is 13.6. The zero-order valence-corrected chi connectivity index (χ0v) is 12.9. The smallest absolute Gasteiger partial charge is 0.393 e. The van der Waals surface area contributed by atoms with E-state index < -0.39 is 17.6 Å². The van der Waals surface area contributed by atoms with E-state index in [1.165, 1.54) is 17.0 Å². The molecule has 0 heterocycles. The highest BCUT2D eigenvalue weighted by Gasteiger charge is 2.34. The number of nitrogens with zero attached hydrogens (tertiary/aromatic N) is 1. The Labute approximate surface area is 128 Å². The quantitative estimate of drug-likeness (QED) is 0.892. The van der Waals surface area contributed by atoms with Gasteiger partial charge in [0, 0.05) is 23.6 Å². The second-order valence-corrected chi connectivity index (χ2v) is 6.22. The average molecular weight is 366 g/mol. The Balaban J connectivity index is 2.12. The molecule has 1 aliphatic rings. The van der Waals surface area contributed by atoms with Crippen LogP contribution >= 0.6 is 15.9 Å². The Kier molecular flexibility index (Phi) is 4.63. The van der Waals surface area contributed by atoms with Crippen LogP contribution in [0.2, 0.25) is 0 Å². The maximum atomic E-state index is 12.8. The topological polar surface area (TPSA) is 40.5 Å². The van der Waals surface area contributed by atoms with Crippen molar-refractivity contribution in [2.45, 2.75) is 25.1 Å². The summed E-state index contributed by atoms with van der Waals surface area (Å²) in [5.41, 5.74) is -0.853. The molecule has 3 nitrogen and oxygen atoms in total. The summed E-state index contributed by atoms with van der Waals surface area (Å²) in [6.07, 6.45) is -3.56. The molecular weight excluding hydrogens is 351 g/mol.